The van der Waals surface area contributed by atoms with E-state index in [1.165, 1.54) is 4.88 Å². The maximum Gasteiger partial charge on any atom is 0.0797 e. The van der Waals surface area contributed by atoms with Crippen LogP contribution in [0.1, 0.15) is 24.4 Å². The molecule has 1 aromatic heterocycles. The first-order valence-corrected chi connectivity index (χ1v) is 6.06. The Kier molecular flexibility index (Phi) is 4.25. The van der Waals surface area contributed by atoms with E-state index in [0.29, 0.717) is 0 Å². The van der Waals surface area contributed by atoms with Crippen LogP contribution in [0, 0.1) is 6.92 Å². The van der Waals surface area contributed by atoms with Gasteiger partial charge in [0.1, 0.15) is 0 Å². The molecular formula is C11H20N2OS. The molecule has 1 N–H and O–H groups in total. The number of aliphatic hydroxyl groups is 1. The molecule has 0 atom stereocenters. The smallest absolute Gasteiger partial charge is 0.0797 e. The third-order valence-corrected chi connectivity index (χ3v) is 3.93. The molecule has 0 aromatic carbocycles. The fourth-order valence-electron chi connectivity index (χ4n) is 1.26. The van der Waals surface area contributed by atoms with Crippen LogP contribution in [-0.4, -0.2) is 40.7 Å². The summed E-state index contributed by atoms with van der Waals surface area (Å²) in [5.41, 5.74) is 2.88. The molecule has 0 aliphatic rings. The molecule has 0 aliphatic heterocycles. The van der Waals surface area contributed by atoms with Crippen LogP contribution in [0.2, 0.25) is 0 Å². The van der Waals surface area contributed by atoms with E-state index >= 15 is 0 Å². The summed E-state index contributed by atoms with van der Waals surface area (Å²) >= 11 is 1.71. The Bertz CT molecular complexity index is 309. The van der Waals surface area contributed by atoms with E-state index in [2.05, 4.69) is 9.88 Å². The Morgan fingerprint density at radius 1 is 1.53 bits per heavy atom. The van der Waals surface area contributed by atoms with Gasteiger partial charge in [-0.05, 0) is 34.2 Å². The van der Waals surface area contributed by atoms with Crippen LogP contribution in [0.15, 0.2) is 5.51 Å². The second-order valence-corrected chi connectivity index (χ2v) is 5.44. The Morgan fingerprint density at radius 3 is 2.67 bits per heavy atom. The SMILES string of the molecule is Cc1ncsc1CCN(C)C(C)(C)CO. The third kappa shape index (κ3) is 3.26. The Balaban J connectivity index is 2.48. The highest BCUT2D eigenvalue weighted by Gasteiger charge is 2.22. The zero-order valence-corrected chi connectivity index (χ0v) is 10.8. The monoisotopic (exact) mass is 228 g/mol. The molecule has 15 heavy (non-hydrogen) atoms. The average molecular weight is 228 g/mol. The van der Waals surface area contributed by atoms with Crippen LogP contribution in [0.5, 0.6) is 0 Å². The van der Waals surface area contributed by atoms with Crippen molar-refractivity contribution in [3.8, 4) is 0 Å². The molecule has 4 heteroatoms. The molecular weight excluding hydrogens is 208 g/mol. The predicted octanol–water partition coefficient (Wildman–Crippen LogP) is 1.70. The maximum absolute atomic E-state index is 9.22. The molecule has 0 spiro atoms. The van der Waals surface area contributed by atoms with Crippen molar-refractivity contribution in [2.45, 2.75) is 32.7 Å². The Morgan fingerprint density at radius 2 is 2.20 bits per heavy atom. The van der Waals surface area contributed by atoms with Crippen molar-refractivity contribution in [1.29, 1.82) is 0 Å². The number of aryl methyl sites for hydroxylation is 1. The van der Waals surface area contributed by atoms with E-state index in [-0.39, 0.29) is 12.1 Å². The number of likely N-dealkylation sites (N-methyl/N-ethyl adjacent to an activating group) is 1. The van der Waals surface area contributed by atoms with Gasteiger partial charge >= 0.3 is 0 Å². The van der Waals surface area contributed by atoms with Gasteiger partial charge in [-0.3, -0.25) is 4.90 Å². The standard InChI is InChI=1S/C11H20N2OS/c1-9-10(15-8-12-9)5-6-13(4)11(2,3)7-14/h8,14H,5-7H2,1-4H3. The van der Waals surface area contributed by atoms with Crippen molar-refractivity contribution >= 4 is 11.3 Å². The van der Waals surface area contributed by atoms with Gasteiger partial charge in [-0.1, -0.05) is 0 Å². The molecule has 1 aromatic rings. The molecule has 1 rings (SSSR count). The summed E-state index contributed by atoms with van der Waals surface area (Å²) in [5.74, 6) is 0. The van der Waals surface area contributed by atoms with Crippen molar-refractivity contribution in [1.82, 2.24) is 9.88 Å². The van der Waals surface area contributed by atoms with Crippen LogP contribution in [0.25, 0.3) is 0 Å². The second kappa shape index (κ2) is 5.05. The highest BCUT2D eigenvalue weighted by molar-refractivity contribution is 7.09. The molecule has 0 bridgehead atoms. The normalized spacial score (nSPS) is 12.4. The molecule has 0 unspecified atom stereocenters. The topological polar surface area (TPSA) is 36.4 Å². The first-order chi connectivity index (χ1) is 6.97. The summed E-state index contributed by atoms with van der Waals surface area (Å²) in [7, 11) is 2.05. The van der Waals surface area contributed by atoms with Crippen molar-refractivity contribution in [2.75, 3.05) is 20.2 Å². The van der Waals surface area contributed by atoms with Crippen molar-refractivity contribution in [3.05, 3.63) is 16.1 Å². The fraction of sp³-hybridized carbons (Fsp3) is 0.727. The first kappa shape index (κ1) is 12.6. The van der Waals surface area contributed by atoms with Gasteiger partial charge in [0, 0.05) is 17.0 Å². The average Bonchev–Trinajstić information content (AvgIpc) is 2.60. The van der Waals surface area contributed by atoms with E-state index < -0.39 is 0 Å². The van der Waals surface area contributed by atoms with Gasteiger partial charge < -0.3 is 5.11 Å². The molecule has 0 saturated carbocycles. The van der Waals surface area contributed by atoms with Gasteiger partial charge in [-0.15, -0.1) is 11.3 Å². The molecule has 1 heterocycles. The summed E-state index contributed by atoms with van der Waals surface area (Å²) in [5, 5.41) is 9.22. The van der Waals surface area contributed by atoms with Crippen LogP contribution in [-0.2, 0) is 6.42 Å². The largest absolute Gasteiger partial charge is 0.394 e. The number of thiazole rings is 1. The van der Waals surface area contributed by atoms with Crippen LogP contribution < -0.4 is 0 Å². The van der Waals surface area contributed by atoms with Crippen LogP contribution in [0.4, 0.5) is 0 Å². The minimum Gasteiger partial charge on any atom is -0.394 e. The summed E-state index contributed by atoms with van der Waals surface area (Å²) in [6.07, 6.45) is 1.01. The highest BCUT2D eigenvalue weighted by Crippen LogP contribution is 2.16. The van der Waals surface area contributed by atoms with Gasteiger partial charge in [0.05, 0.1) is 17.8 Å². The second-order valence-electron chi connectivity index (χ2n) is 4.50. The van der Waals surface area contributed by atoms with Crippen molar-refractivity contribution in [3.63, 3.8) is 0 Å². The minimum absolute atomic E-state index is 0.140. The van der Waals surface area contributed by atoms with Crippen LogP contribution in [0.3, 0.4) is 0 Å². The Labute approximate surface area is 95.8 Å². The van der Waals surface area contributed by atoms with E-state index in [9.17, 15) is 5.11 Å². The number of aliphatic hydroxyl groups excluding tert-OH is 1. The van der Waals surface area contributed by atoms with Crippen LogP contribution >= 0.6 is 11.3 Å². The quantitative estimate of drug-likeness (QED) is 0.833. The zero-order valence-electron chi connectivity index (χ0n) is 9.95. The number of nitrogens with zero attached hydrogens (tertiary/aromatic N) is 2. The minimum atomic E-state index is -0.140. The lowest BCUT2D eigenvalue weighted by Gasteiger charge is -2.33. The van der Waals surface area contributed by atoms with E-state index in [0.717, 1.165) is 18.7 Å². The Hall–Kier alpha value is -0.450. The van der Waals surface area contributed by atoms with Gasteiger partial charge in [-0.25, -0.2) is 4.98 Å². The summed E-state index contributed by atoms with van der Waals surface area (Å²) in [4.78, 5) is 7.76. The summed E-state index contributed by atoms with van der Waals surface area (Å²) < 4.78 is 0. The van der Waals surface area contributed by atoms with Gasteiger partial charge in [0.25, 0.3) is 0 Å². The predicted molar refractivity (Wildman–Crippen MR) is 64.3 cm³/mol. The lowest BCUT2D eigenvalue weighted by molar-refractivity contribution is 0.0802. The van der Waals surface area contributed by atoms with Crippen molar-refractivity contribution < 1.29 is 5.11 Å². The number of hydrogen-bond donors (Lipinski definition) is 1. The van der Waals surface area contributed by atoms with E-state index in [1.54, 1.807) is 11.3 Å². The molecule has 0 aliphatic carbocycles. The van der Waals surface area contributed by atoms with Gasteiger partial charge in [0.2, 0.25) is 0 Å². The first-order valence-electron chi connectivity index (χ1n) is 5.18. The number of rotatable bonds is 5. The molecule has 0 fully saturated rings. The number of aromatic nitrogens is 1. The molecule has 0 radical (unpaired) electrons. The molecule has 0 saturated heterocycles. The summed E-state index contributed by atoms with van der Waals surface area (Å²) in [6.45, 7) is 7.28. The lowest BCUT2D eigenvalue weighted by atomic mass is 10.0. The van der Waals surface area contributed by atoms with Gasteiger partial charge in [-0.2, -0.15) is 0 Å². The molecule has 86 valence electrons. The lowest BCUT2D eigenvalue weighted by Crippen LogP contribution is -2.45. The molecule has 3 nitrogen and oxygen atoms in total. The van der Waals surface area contributed by atoms with Gasteiger partial charge in [0.15, 0.2) is 0 Å². The third-order valence-electron chi connectivity index (χ3n) is 2.94. The number of hydrogen-bond acceptors (Lipinski definition) is 4. The van der Waals surface area contributed by atoms with E-state index in [1.807, 2.05) is 33.3 Å². The molecule has 0 amide bonds. The highest BCUT2D eigenvalue weighted by atomic mass is 32.1. The maximum atomic E-state index is 9.22. The van der Waals surface area contributed by atoms with E-state index in [4.69, 9.17) is 0 Å². The summed E-state index contributed by atoms with van der Waals surface area (Å²) in [6, 6.07) is 0. The van der Waals surface area contributed by atoms with Crippen molar-refractivity contribution in [2.24, 2.45) is 0 Å². The fourth-order valence-corrected chi connectivity index (χ4v) is 2.03. The zero-order chi connectivity index (χ0) is 11.5.